The van der Waals surface area contributed by atoms with Crippen LogP contribution in [0, 0.1) is 39.9 Å². The largest absolute Gasteiger partial charge is 0.366 e. The van der Waals surface area contributed by atoms with Crippen molar-refractivity contribution in [3.8, 4) is 18.2 Å². The van der Waals surface area contributed by atoms with Crippen LogP contribution >= 0.6 is 11.6 Å². The fourth-order valence-electron chi connectivity index (χ4n) is 2.83. The average molecular weight is 383 g/mol. The van der Waals surface area contributed by atoms with E-state index in [2.05, 4.69) is 10.2 Å². The molecule has 2 rings (SSSR count). The van der Waals surface area contributed by atoms with Gasteiger partial charge in [-0.15, -0.1) is 0 Å². The summed E-state index contributed by atoms with van der Waals surface area (Å²) in [7, 11) is 0. The van der Waals surface area contributed by atoms with Crippen molar-refractivity contribution in [2.24, 2.45) is 5.92 Å². The minimum absolute atomic E-state index is 0.0389. The van der Waals surface area contributed by atoms with Crippen LogP contribution in [0.3, 0.4) is 0 Å². The molecule has 1 fully saturated rings. The fraction of sp³-hybridized carbons (Fsp3) is 0.368. The maximum Gasteiger partial charge on any atom is 0.225 e. The van der Waals surface area contributed by atoms with Gasteiger partial charge in [-0.05, 0) is 18.2 Å². The Morgan fingerprint density at radius 2 is 1.74 bits per heavy atom. The summed E-state index contributed by atoms with van der Waals surface area (Å²) in [6, 6.07) is 10.5. The Balaban J connectivity index is 2.27. The van der Waals surface area contributed by atoms with Crippen molar-refractivity contribution in [1.82, 2.24) is 4.90 Å². The molecule has 0 unspecified atom stereocenters. The van der Waals surface area contributed by atoms with Gasteiger partial charge in [0.2, 0.25) is 5.91 Å². The van der Waals surface area contributed by atoms with Crippen molar-refractivity contribution in [3.05, 3.63) is 34.5 Å². The number of piperazine rings is 1. The third-order valence-corrected chi connectivity index (χ3v) is 4.46. The number of hydrogen-bond acceptors (Lipinski definition) is 6. The number of halogens is 1. The van der Waals surface area contributed by atoms with Crippen molar-refractivity contribution >= 4 is 28.9 Å². The number of allylic oxidation sites excluding steroid dienone is 2. The number of carbonyl (C=O) groups excluding carboxylic acids is 1. The van der Waals surface area contributed by atoms with Crippen LogP contribution < -0.4 is 10.2 Å². The molecule has 1 N–H and O–H groups in total. The van der Waals surface area contributed by atoms with Crippen LogP contribution in [0.25, 0.3) is 0 Å². The molecule has 1 heterocycles. The maximum atomic E-state index is 12.2. The zero-order chi connectivity index (χ0) is 20.0. The van der Waals surface area contributed by atoms with Crippen molar-refractivity contribution < 1.29 is 4.79 Å². The molecule has 8 heteroatoms. The number of amides is 1. The van der Waals surface area contributed by atoms with Gasteiger partial charge >= 0.3 is 0 Å². The molecule has 1 aliphatic rings. The second-order valence-electron chi connectivity index (χ2n) is 6.34. The van der Waals surface area contributed by atoms with Gasteiger partial charge in [0.15, 0.2) is 5.57 Å². The Hall–Kier alpha value is -3.21. The second-order valence-corrected chi connectivity index (χ2v) is 6.78. The minimum Gasteiger partial charge on any atom is -0.366 e. The van der Waals surface area contributed by atoms with E-state index in [4.69, 9.17) is 22.1 Å². The van der Waals surface area contributed by atoms with Gasteiger partial charge < -0.3 is 15.1 Å². The van der Waals surface area contributed by atoms with Crippen molar-refractivity contribution in [3.63, 3.8) is 0 Å². The number of anilines is 2. The van der Waals surface area contributed by atoms with Crippen molar-refractivity contribution in [2.45, 2.75) is 13.8 Å². The van der Waals surface area contributed by atoms with Gasteiger partial charge in [-0.2, -0.15) is 15.8 Å². The van der Waals surface area contributed by atoms with Crippen LogP contribution in [0.2, 0.25) is 5.02 Å². The Bertz CT molecular complexity index is 863. The molecule has 1 aliphatic heterocycles. The number of nitrogens with zero attached hydrogens (tertiary/aromatic N) is 5. The molecule has 0 radical (unpaired) electrons. The van der Waals surface area contributed by atoms with Crippen LogP contribution in [-0.2, 0) is 4.79 Å². The first-order valence-corrected chi connectivity index (χ1v) is 8.84. The van der Waals surface area contributed by atoms with E-state index >= 15 is 0 Å². The van der Waals surface area contributed by atoms with Gasteiger partial charge in [0.1, 0.15) is 23.9 Å². The van der Waals surface area contributed by atoms with Gasteiger partial charge in [-0.1, -0.05) is 25.4 Å². The lowest BCUT2D eigenvalue weighted by molar-refractivity contribution is -0.134. The molecule has 7 nitrogen and oxygen atoms in total. The Labute approximate surface area is 163 Å². The van der Waals surface area contributed by atoms with Crippen molar-refractivity contribution in [1.29, 1.82) is 15.8 Å². The zero-order valence-electron chi connectivity index (χ0n) is 15.2. The topological polar surface area (TPSA) is 107 Å². The lowest BCUT2D eigenvalue weighted by Crippen LogP contribution is -2.50. The highest BCUT2D eigenvalue weighted by molar-refractivity contribution is 6.31. The summed E-state index contributed by atoms with van der Waals surface area (Å²) < 4.78 is 0. The van der Waals surface area contributed by atoms with Crippen LogP contribution in [0.4, 0.5) is 11.4 Å². The highest BCUT2D eigenvalue weighted by atomic mass is 35.5. The Morgan fingerprint density at radius 1 is 1.11 bits per heavy atom. The van der Waals surface area contributed by atoms with Crippen LogP contribution in [-0.4, -0.2) is 37.0 Å². The Morgan fingerprint density at radius 3 is 2.26 bits per heavy atom. The third-order valence-electron chi connectivity index (χ3n) is 4.23. The van der Waals surface area contributed by atoms with Gasteiger partial charge in [0, 0.05) is 37.1 Å². The van der Waals surface area contributed by atoms with E-state index in [1.807, 2.05) is 30.9 Å². The lowest BCUT2D eigenvalue weighted by Gasteiger charge is -2.37. The standard InChI is InChI=1S/C19H19ClN6O/c1-13(2)19(27)26-7-5-25(6-8-26)18-4-3-15(20)9-16(18)24-17(12-23)14(10-21)11-22/h3-4,9,13,24H,5-8H2,1-2H3. The molecule has 0 aliphatic carbocycles. The third kappa shape index (κ3) is 4.70. The highest BCUT2D eigenvalue weighted by Crippen LogP contribution is 2.31. The van der Waals surface area contributed by atoms with Crippen molar-refractivity contribution in [2.75, 3.05) is 36.4 Å². The molecule has 1 aromatic carbocycles. The number of rotatable bonds is 4. The fourth-order valence-corrected chi connectivity index (χ4v) is 3.01. The molecule has 138 valence electrons. The average Bonchev–Trinajstić information content (AvgIpc) is 2.67. The van der Waals surface area contributed by atoms with E-state index in [0.29, 0.717) is 36.9 Å². The Kier molecular flexibility index (Phi) is 6.66. The number of nitrogens with one attached hydrogen (secondary N) is 1. The number of nitriles is 3. The molecule has 1 saturated heterocycles. The summed E-state index contributed by atoms with van der Waals surface area (Å²) in [4.78, 5) is 16.1. The minimum atomic E-state index is -0.296. The summed E-state index contributed by atoms with van der Waals surface area (Å²) >= 11 is 6.09. The molecule has 1 aromatic rings. The predicted octanol–water partition coefficient (Wildman–Crippen LogP) is 2.88. The molecule has 0 spiro atoms. The highest BCUT2D eigenvalue weighted by Gasteiger charge is 2.24. The summed E-state index contributed by atoms with van der Waals surface area (Å²) in [5.74, 6) is 0.0921. The zero-order valence-corrected chi connectivity index (χ0v) is 15.9. The lowest BCUT2D eigenvalue weighted by atomic mass is 10.1. The van der Waals surface area contributed by atoms with Crippen LogP contribution in [0.1, 0.15) is 13.8 Å². The van der Waals surface area contributed by atoms with E-state index in [0.717, 1.165) is 5.69 Å². The van der Waals surface area contributed by atoms with Crippen LogP contribution in [0.5, 0.6) is 0 Å². The van der Waals surface area contributed by atoms with Gasteiger partial charge in [-0.25, -0.2) is 0 Å². The van der Waals surface area contributed by atoms with Gasteiger partial charge in [0.05, 0.1) is 11.4 Å². The van der Waals surface area contributed by atoms with Gasteiger partial charge in [-0.3, -0.25) is 4.79 Å². The molecule has 0 bridgehead atoms. The number of benzene rings is 1. The number of carbonyl (C=O) groups is 1. The predicted molar refractivity (Wildman–Crippen MR) is 103 cm³/mol. The second kappa shape index (κ2) is 8.94. The summed E-state index contributed by atoms with van der Waals surface area (Å²) in [6.45, 7) is 6.22. The van der Waals surface area contributed by atoms with E-state index in [1.165, 1.54) is 0 Å². The first-order valence-electron chi connectivity index (χ1n) is 8.46. The van der Waals surface area contributed by atoms with Gasteiger partial charge in [0.25, 0.3) is 0 Å². The molecule has 27 heavy (non-hydrogen) atoms. The van der Waals surface area contributed by atoms with E-state index < -0.39 is 0 Å². The first kappa shape index (κ1) is 20.1. The molecule has 0 atom stereocenters. The molecular formula is C19H19ClN6O. The normalized spacial score (nSPS) is 13.4. The first-order chi connectivity index (χ1) is 12.9. The monoisotopic (exact) mass is 382 g/mol. The quantitative estimate of drug-likeness (QED) is 0.802. The molecule has 1 amide bonds. The van der Waals surface area contributed by atoms with E-state index in [-0.39, 0.29) is 23.1 Å². The summed E-state index contributed by atoms with van der Waals surface area (Å²) in [5, 5.41) is 30.6. The number of hydrogen-bond donors (Lipinski definition) is 1. The smallest absolute Gasteiger partial charge is 0.225 e. The summed E-state index contributed by atoms with van der Waals surface area (Å²) in [5.41, 5.74) is 0.901. The molecule has 0 aromatic heterocycles. The SMILES string of the molecule is CC(C)C(=O)N1CCN(c2ccc(Cl)cc2NC(C#N)=C(C#N)C#N)CC1. The van der Waals surface area contributed by atoms with E-state index in [9.17, 15) is 10.1 Å². The van der Waals surface area contributed by atoms with Crippen LogP contribution in [0.15, 0.2) is 29.5 Å². The summed E-state index contributed by atoms with van der Waals surface area (Å²) in [6.07, 6.45) is 0. The maximum absolute atomic E-state index is 12.2. The molecule has 0 saturated carbocycles. The molecular weight excluding hydrogens is 364 g/mol. The van der Waals surface area contributed by atoms with E-state index in [1.54, 1.807) is 24.3 Å².